The molecule has 0 spiro atoms. The molecule has 1 atom stereocenters. The molecule has 1 fully saturated rings. The molecular weight excluding hydrogens is 226 g/mol. The van der Waals surface area contributed by atoms with Crippen molar-refractivity contribution < 1.29 is 4.74 Å². The normalized spacial score (nSPS) is 19.9. The molecular formula is C14H23N3O. The van der Waals surface area contributed by atoms with E-state index in [9.17, 15) is 0 Å². The number of nitrogens with one attached hydrogen (secondary N) is 1. The first-order valence-electron chi connectivity index (χ1n) is 6.83. The Balaban J connectivity index is 2.03. The zero-order valence-electron chi connectivity index (χ0n) is 11.4. The number of anilines is 1. The van der Waals surface area contributed by atoms with Gasteiger partial charge in [0.15, 0.2) is 0 Å². The summed E-state index contributed by atoms with van der Waals surface area (Å²) in [7, 11) is 2.02. The molecule has 0 aliphatic carbocycles. The van der Waals surface area contributed by atoms with Crippen molar-refractivity contribution in [2.75, 3.05) is 38.2 Å². The quantitative estimate of drug-likeness (QED) is 0.865. The number of ether oxygens (including phenoxy) is 1. The zero-order chi connectivity index (χ0) is 12.8. The van der Waals surface area contributed by atoms with E-state index in [4.69, 9.17) is 4.74 Å². The molecule has 1 aliphatic heterocycles. The maximum absolute atomic E-state index is 5.46. The van der Waals surface area contributed by atoms with Crippen LogP contribution in [-0.2, 0) is 0 Å². The highest BCUT2D eigenvalue weighted by molar-refractivity contribution is 5.41. The molecule has 1 aliphatic rings. The SMILES string of the molecule is CCOc1cccc(N2CCCC(CNC)C2)n1. The summed E-state index contributed by atoms with van der Waals surface area (Å²) in [5, 5.41) is 3.27. The van der Waals surface area contributed by atoms with Gasteiger partial charge in [0.2, 0.25) is 5.88 Å². The molecule has 100 valence electrons. The standard InChI is InChI=1S/C14H23N3O/c1-3-18-14-8-4-7-13(16-14)17-9-5-6-12(11-17)10-15-2/h4,7-8,12,15H,3,5-6,9-11H2,1-2H3. The van der Waals surface area contributed by atoms with Gasteiger partial charge in [-0.25, -0.2) is 0 Å². The molecule has 2 rings (SSSR count). The molecule has 4 nitrogen and oxygen atoms in total. The Morgan fingerprint density at radius 2 is 2.39 bits per heavy atom. The Bertz CT molecular complexity index is 368. The number of pyridine rings is 1. The highest BCUT2D eigenvalue weighted by Crippen LogP contribution is 2.22. The van der Waals surface area contributed by atoms with Gasteiger partial charge < -0.3 is 15.0 Å². The highest BCUT2D eigenvalue weighted by Gasteiger charge is 2.20. The Hall–Kier alpha value is -1.29. The van der Waals surface area contributed by atoms with Gasteiger partial charge in [0.25, 0.3) is 0 Å². The molecule has 2 heterocycles. The summed E-state index contributed by atoms with van der Waals surface area (Å²) < 4.78 is 5.46. The zero-order valence-corrected chi connectivity index (χ0v) is 11.4. The average molecular weight is 249 g/mol. The van der Waals surface area contributed by atoms with Gasteiger partial charge >= 0.3 is 0 Å². The van der Waals surface area contributed by atoms with Crippen LogP contribution in [0.15, 0.2) is 18.2 Å². The monoisotopic (exact) mass is 249 g/mol. The number of hydrogen-bond donors (Lipinski definition) is 1. The van der Waals surface area contributed by atoms with Crippen molar-refractivity contribution in [3.8, 4) is 5.88 Å². The van der Waals surface area contributed by atoms with Crippen molar-refractivity contribution >= 4 is 5.82 Å². The van der Waals surface area contributed by atoms with Gasteiger partial charge in [-0.15, -0.1) is 0 Å². The third-order valence-electron chi connectivity index (χ3n) is 3.34. The van der Waals surface area contributed by atoms with E-state index in [0.717, 1.165) is 37.3 Å². The van der Waals surface area contributed by atoms with E-state index in [1.54, 1.807) is 0 Å². The molecule has 0 amide bonds. The predicted octanol–water partition coefficient (Wildman–Crippen LogP) is 1.92. The average Bonchev–Trinajstić information content (AvgIpc) is 2.40. The largest absolute Gasteiger partial charge is 0.478 e. The molecule has 1 unspecified atom stereocenters. The fourth-order valence-electron chi connectivity index (χ4n) is 2.54. The number of nitrogens with zero attached hydrogens (tertiary/aromatic N) is 2. The van der Waals surface area contributed by atoms with Crippen LogP contribution in [0.3, 0.4) is 0 Å². The van der Waals surface area contributed by atoms with Crippen molar-refractivity contribution in [1.29, 1.82) is 0 Å². The summed E-state index contributed by atoms with van der Waals surface area (Å²) in [6, 6.07) is 6.02. The lowest BCUT2D eigenvalue weighted by Crippen LogP contribution is -2.39. The topological polar surface area (TPSA) is 37.4 Å². The highest BCUT2D eigenvalue weighted by atomic mass is 16.5. The second kappa shape index (κ2) is 6.59. The van der Waals surface area contributed by atoms with Crippen molar-refractivity contribution in [1.82, 2.24) is 10.3 Å². The first-order chi connectivity index (χ1) is 8.83. The fourth-order valence-corrected chi connectivity index (χ4v) is 2.54. The summed E-state index contributed by atoms with van der Waals surface area (Å²) in [6.07, 6.45) is 2.55. The molecule has 1 saturated heterocycles. The van der Waals surface area contributed by atoms with E-state index in [1.807, 2.05) is 26.1 Å². The van der Waals surface area contributed by atoms with Gasteiger partial charge in [0, 0.05) is 19.2 Å². The van der Waals surface area contributed by atoms with Gasteiger partial charge in [0.1, 0.15) is 5.82 Å². The van der Waals surface area contributed by atoms with E-state index < -0.39 is 0 Å². The van der Waals surface area contributed by atoms with Gasteiger partial charge in [0.05, 0.1) is 6.61 Å². The van der Waals surface area contributed by atoms with Gasteiger partial charge in [-0.2, -0.15) is 4.98 Å². The van der Waals surface area contributed by atoms with E-state index in [1.165, 1.54) is 12.8 Å². The summed E-state index contributed by atoms with van der Waals surface area (Å²) in [6.45, 7) is 5.92. The maximum Gasteiger partial charge on any atom is 0.215 e. The van der Waals surface area contributed by atoms with Crippen LogP contribution in [0.2, 0.25) is 0 Å². The minimum Gasteiger partial charge on any atom is -0.478 e. The lowest BCUT2D eigenvalue weighted by molar-refractivity contribution is 0.326. The minimum absolute atomic E-state index is 0.666. The molecule has 1 aromatic rings. The number of aromatic nitrogens is 1. The first-order valence-corrected chi connectivity index (χ1v) is 6.83. The maximum atomic E-state index is 5.46. The number of hydrogen-bond acceptors (Lipinski definition) is 4. The third-order valence-corrected chi connectivity index (χ3v) is 3.34. The number of rotatable bonds is 5. The van der Waals surface area contributed by atoms with Gasteiger partial charge in [-0.3, -0.25) is 0 Å². The smallest absolute Gasteiger partial charge is 0.215 e. The van der Waals surface area contributed by atoms with Crippen LogP contribution in [0.5, 0.6) is 5.88 Å². The molecule has 0 bridgehead atoms. The van der Waals surface area contributed by atoms with Crippen LogP contribution in [0.25, 0.3) is 0 Å². The van der Waals surface area contributed by atoms with Crippen molar-refractivity contribution in [3.05, 3.63) is 18.2 Å². The first kappa shape index (κ1) is 13.1. The summed E-state index contributed by atoms with van der Waals surface area (Å²) in [5.41, 5.74) is 0. The molecule has 4 heteroatoms. The fraction of sp³-hybridized carbons (Fsp3) is 0.643. The lowest BCUT2D eigenvalue weighted by atomic mass is 9.98. The lowest BCUT2D eigenvalue weighted by Gasteiger charge is -2.33. The Kier molecular flexibility index (Phi) is 4.81. The molecule has 1 N–H and O–H groups in total. The van der Waals surface area contributed by atoms with E-state index in [-0.39, 0.29) is 0 Å². The van der Waals surface area contributed by atoms with Crippen molar-refractivity contribution in [2.24, 2.45) is 5.92 Å². The minimum atomic E-state index is 0.666. The van der Waals surface area contributed by atoms with Crippen LogP contribution >= 0.6 is 0 Å². The van der Waals surface area contributed by atoms with Crippen molar-refractivity contribution in [2.45, 2.75) is 19.8 Å². The van der Waals surface area contributed by atoms with Crippen molar-refractivity contribution in [3.63, 3.8) is 0 Å². The van der Waals surface area contributed by atoms with Crippen LogP contribution in [-0.4, -0.2) is 38.3 Å². The van der Waals surface area contributed by atoms with Crippen LogP contribution in [0, 0.1) is 5.92 Å². The second-order valence-electron chi connectivity index (χ2n) is 4.78. The van der Waals surface area contributed by atoms with E-state index in [2.05, 4.69) is 21.3 Å². The van der Waals surface area contributed by atoms with Crippen LogP contribution in [0.4, 0.5) is 5.82 Å². The molecule has 0 radical (unpaired) electrons. The van der Waals surface area contributed by atoms with E-state index >= 15 is 0 Å². The third kappa shape index (κ3) is 3.35. The Morgan fingerprint density at radius 3 is 3.17 bits per heavy atom. The molecule has 0 aromatic carbocycles. The van der Waals surface area contributed by atoms with E-state index in [0.29, 0.717) is 6.61 Å². The van der Waals surface area contributed by atoms with Crippen LogP contribution in [0.1, 0.15) is 19.8 Å². The van der Waals surface area contributed by atoms with Gasteiger partial charge in [-0.05, 0) is 45.3 Å². The predicted molar refractivity (Wildman–Crippen MR) is 74.3 cm³/mol. The van der Waals surface area contributed by atoms with Gasteiger partial charge in [-0.1, -0.05) is 6.07 Å². The van der Waals surface area contributed by atoms with Crippen LogP contribution < -0.4 is 15.0 Å². The Labute approximate surface area is 109 Å². The summed E-state index contributed by atoms with van der Waals surface area (Å²) >= 11 is 0. The number of piperidine rings is 1. The molecule has 1 aromatic heterocycles. The summed E-state index contributed by atoms with van der Waals surface area (Å²) in [5.74, 6) is 2.49. The molecule has 18 heavy (non-hydrogen) atoms. The molecule has 0 saturated carbocycles. The summed E-state index contributed by atoms with van der Waals surface area (Å²) in [4.78, 5) is 6.93. The Morgan fingerprint density at radius 1 is 1.50 bits per heavy atom. The second-order valence-corrected chi connectivity index (χ2v) is 4.78.